The van der Waals surface area contributed by atoms with E-state index in [-0.39, 0.29) is 5.56 Å². The molecule has 0 radical (unpaired) electrons. The van der Waals surface area contributed by atoms with Gasteiger partial charge in [-0.15, -0.1) is 0 Å². The largest absolute Gasteiger partial charge is 0.366 e. The number of anilines is 1. The fourth-order valence-electron chi connectivity index (χ4n) is 2.31. The summed E-state index contributed by atoms with van der Waals surface area (Å²) in [6, 6.07) is 0.436. The molecule has 2 atom stereocenters. The van der Waals surface area contributed by atoms with Crippen LogP contribution in [-0.4, -0.2) is 16.0 Å². The summed E-state index contributed by atoms with van der Waals surface area (Å²) in [5.41, 5.74) is -0.135. The molecule has 1 fully saturated rings. The molecule has 0 amide bonds. The fourth-order valence-corrected chi connectivity index (χ4v) is 2.64. The van der Waals surface area contributed by atoms with Crippen LogP contribution >= 0.6 is 15.9 Å². The number of hydrogen-bond acceptors (Lipinski definition) is 3. The second kappa shape index (κ2) is 5.67. The van der Waals surface area contributed by atoms with Gasteiger partial charge in [-0.2, -0.15) is 0 Å². The van der Waals surface area contributed by atoms with Crippen LogP contribution in [0.15, 0.2) is 15.6 Å². The van der Waals surface area contributed by atoms with Crippen molar-refractivity contribution in [2.24, 2.45) is 5.92 Å². The van der Waals surface area contributed by atoms with Gasteiger partial charge in [-0.25, -0.2) is 4.98 Å². The smallest absolute Gasteiger partial charge is 0.267 e. The molecule has 17 heavy (non-hydrogen) atoms. The van der Waals surface area contributed by atoms with E-state index < -0.39 is 0 Å². The van der Waals surface area contributed by atoms with Gasteiger partial charge in [-0.05, 0) is 41.1 Å². The number of nitrogens with zero attached hydrogens (tertiary/aromatic N) is 1. The van der Waals surface area contributed by atoms with Gasteiger partial charge in [0, 0.05) is 6.04 Å². The van der Waals surface area contributed by atoms with Gasteiger partial charge in [0.1, 0.15) is 10.3 Å². The minimum Gasteiger partial charge on any atom is -0.366 e. The van der Waals surface area contributed by atoms with Crippen molar-refractivity contribution in [3.8, 4) is 0 Å². The summed E-state index contributed by atoms with van der Waals surface area (Å²) in [7, 11) is 0. The summed E-state index contributed by atoms with van der Waals surface area (Å²) in [5.74, 6) is 1.48. The van der Waals surface area contributed by atoms with Gasteiger partial charge >= 0.3 is 0 Å². The highest BCUT2D eigenvalue weighted by atomic mass is 79.9. The third-order valence-corrected chi connectivity index (χ3v) is 4.13. The summed E-state index contributed by atoms with van der Waals surface area (Å²) >= 11 is 3.27. The molecule has 5 heteroatoms. The molecule has 0 aliphatic heterocycles. The average Bonchev–Trinajstić information content (AvgIpc) is 2.50. The number of halogens is 1. The molecule has 0 saturated heterocycles. The number of hydrogen-bond donors (Lipinski definition) is 2. The molecular formula is C12H18BrN3O. The van der Waals surface area contributed by atoms with Crippen LogP contribution in [0, 0.1) is 5.92 Å². The third kappa shape index (κ3) is 3.31. The topological polar surface area (TPSA) is 57.8 Å². The van der Waals surface area contributed by atoms with Crippen LogP contribution in [0.25, 0.3) is 0 Å². The monoisotopic (exact) mass is 299 g/mol. The van der Waals surface area contributed by atoms with E-state index >= 15 is 0 Å². The quantitative estimate of drug-likeness (QED) is 0.826. The lowest BCUT2D eigenvalue weighted by molar-refractivity contribution is 0.501. The number of H-pyrrole nitrogens is 1. The summed E-state index contributed by atoms with van der Waals surface area (Å²) in [4.78, 5) is 18.1. The van der Waals surface area contributed by atoms with E-state index in [2.05, 4.69) is 38.1 Å². The highest BCUT2D eigenvalue weighted by molar-refractivity contribution is 9.10. The third-order valence-electron chi connectivity index (χ3n) is 3.39. The Morgan fingerprint density at radius 2 is 2.24 bits per heavy atom. The van der Waals surface area contributed by atoms with Crippen molar-refractivity contribution in [2.75, 3.05) is 5.32 Å². The van der Waals surface area contributed by atoms with E-state index in [0.717, 1.165) is 18.8 Å². The van der Waals surface area contributed by atoms with Crippen LogP contribution in [0.4, 0.5) is 5.82 Å². The first-order chi connectivity index (χ1) is 8.16. The Balaban J connectivity index is 2.05. The molecule has 0 bridgehead atoms. The SMILES string of the molecule is CC1CCCC(Nc2nc[nH]c(=O)c2Br)CC1. The van der Waals surface area contributed by atoms with Crippen LogP contribution < -0.4 is 10.9 Å². The predicted molar refractivity (Wildman–Crippen MR) is 72.2 cm³/mol. The molecule has 1 saturated carbocycles. The maximum atomic E-state index is 11.4. The molecule has 0 spiro atoms. The molecule has 1 aliphatic carbocycles. The molecule has 1 heterocycles. The Bertz CT molecular complexity index is 432. The van der Waals surface area contributed by atoms with E-state index in [1.54, 1.807) is 0 Å². The van der Waals surface area contributed by atoms with Gasteiger partial charge in [0.25, 0.3) is 5.56 Å². The number of aromatic amines is 1. The van der Waals surface area contributed by atoms with E-state index in [4.69, 9.17) is 0 Å². The van der Waals surface area contributed by atoms with Crippen molar-refractivity contribution in [2.45, 2.75) is 45.1 Å². The molecule has 1 aromatic heterocycles. The number of aromatic nitrogens is 2. The Labute approximate surface area is 109 Å². The Hall–Kier alpha value is -0.840. The van der Waals surface area contributed by atoms with Gasteiger partial charge in [0.2, 0.25) is 0 Å². The fraction of sp³-hybridized carbons (Fsp3) is 0.667. The lowest BCUT2D eigenvalue weighted by Gasteiger charge is -2.17. The van der Waals surface area contributed by atoms with Crippen molar-refractivity contribution in [1.29, 1.82) is 0 Å². The molecule has 2 N–H and O–H groups in total. The molecule has 1 aromatic rings. The summed E-state index contributed by atoms with van der Waals surface area (Å²) in [5, 5.41) is 3.37. The molecule has 1 aliphatic rings. The lowest BCUT2D eigenvalue weighted by atomic mass is 10.0. The minimum atomic E-state index is -0.135. The summed E-state index contributed by atoms with van der Waals surface area (Å²) in [6.45, 7) is 2.31. The average molecular weight is 300 g/mol. The molecule has 94 valence electrons. The lowest BCUT2D eigenvalue weighted by Crippen LogP contribution is -2.21. The summed E-state index contributed by atoms with van der Waals surface area (Å²) < 4.78 is 0.497. The molecule has 2 unspecified atom stereocenters. The van der Waals surface area contributed by atoms with E-state index in [1.165, 1.54) is 25.6 Å². The number of rotatable bonds is 2. The van der Waals surface area contributed by atoms with E-state index in [9.17, 15) is 4.79 Å². The van der Waals surface area contributed by atoms with Gasteiger partial charge in [-0.1, -0.05) is 19.8 Å². The van der Waals surface area contributed by atoms with Crippen molar-refractivity contribution in [1.82, 2.24) is 9.97 Å². The van der Waals surface area contributed by atoms with Crippen LogP contribution in [-0.2, 0) is 0 Å². The highest BCUT2D eigenvalue weighted by Crippen LogP contribution is 2.25. The second-order valence-corrected chi connectivity index (χ2v) is 5.64. The zero-order chi connectivity index (χ0) is 12.3. The van der Waals surface area contributed by atoms with Crippen molar-refractivity contribution >= 4 is 21.7 Å². The second-order valence-electron chi connectivity index (χ2n) is 4.85. The van der Waals surface area contributed by atoms with Gasteiger partial charge in [0.05, 0.1) is 6.33 Å². The van der Waals surface area contributed by atoms with Crippen LogP contribution in [0.1, 0.15) is 39.0 Å². The van der Waals surface area contributed by atoms with Crippen LogP contribution in [0.3, 0.4) is 0 Å². The standard InChI is InChI=1S/C12H18BrN3O/c1-8-3-2-4-9(6-5-8)16-11-10(13)12(17)15-7-14-11/h7-9H,2-6H2,1H3,(H2,14,15,16,17). The molecular weight excluding hydrogens is 282 g/mol. The van der Waals surface area contributed by atoms with E-state index in [0.29, 0.717) is 16.3 Å². The zero-order valence-electron chi connectivity index (χ0n) is 10.0. The summed E-state index contributed by atoms with van der Waals surface area (Å²) in [6.07, 6.45) is 7.56. The first-order valence-electron chi connectivity index (χ1n) is 6.16. The van der Waals surface area contributed by atoms with E-state index in [1.807, 2.05) is 0 Å². The van der Waals surface area contributed by atoms with Crippen LogP contribution in [0.2, 0.25) is 0 Å². The van der Waals surface area contributed by atoms with Gasteiger partial charge < -0.3 is 10.3 Å². The van der Waals surface area contributed by atoms with Crippen molar-refractivity contribution in [3.63, 3.8) is 0 Å². The van der Waals surface area contributed by atoms with Crippen LogP contribution in [0.5, 0.6) is 0 Å². The first kappa shape index (κ1) is 12.6. The van der Waals surface area contributed by atoms with Gasteiger partial charge in [0.15, 0.2) is 0 Å². The normalized spacial score (nSPS) is 25.3. The first-order valence-corrected chi connectivity index (χ1v) is 6.96. The zero-order valence-corrected chi connectivity index (χ0v) is 11.6. The highest BCUT2D eigenvalue weighted by Gasteiger charge is 2.17. The predicted octanol–water partition coefficient (Wildman–Crippen LogP) is 2.91. The Morgan fingerprint density at radius 3 is 3.06 bits per heavy atom. The molecule has 0 aromatic carbocycles. The molecule has 2 rings (SSSR count). The maximum absolute atomic E-state index is 11.4. The Kier molecular flexibility index (Phi) is 4.20. The number of nitrogens with one attached hydrogen (secondary N) is 2. The maximum Gasteiger partial charge on any atom is 0.267 e. The van der Waals surface area contributed by atoms with Gasteiger partial charge in [-0.3, -0.25) is 4.79 Å². The minimum absolute atomic E-state index is 0.135. The van der Waals surface area contributed by atoms with Crippen molar-refractivity contribution < 1.29 is 0 Å². The Morgan fingerprint density at radius 1 is 1.41 bits per heavy atom. The molecule has 4 nitrogen and oxygen atoms in total. The van der Waals surface area contributed by atoms with Crippen molar-refractivity contribution in [3.05, 3.63) is 21.2 Å².